The van der Waals surface area contributed by atoms with Crippen LogP contribution in [0.1, 0.15) is 18.1 Å². The number of hydrogen-bond acceptors (Lipinski definition) is 7. The van der Waals surface area contributed by atoms with E-state index in [0.29, 0.717) is 39.7 Å². The zero-order valence-corrected chi connectivity index (χ0v) is 18.1. The van der Waals surface area contributed by atoms with Gasteiger partial charge in [-0.2, -0.15) is 5.26 Å². The Morgan fingerprint density at radius 3 is 2.23 bits per heavy atom. The lowest BCUT2D eigenvalue weighted by atomic mass is 10.0. The van der Waals surface area contributed by atoms with Crippen molar-refractivity contribution in [2.75, 3.05) is 34.5 Å². The van der Waals surface area contributed by atoms with Crippen LogP contribution in [0.15, 0.2) is 48.6 Å². The van der Waals surface area contributed by atoms with Crippen molar-refractivity contribution in [3.05, 3.63) is 59.7 Å². The molecule has 0 bridgehead atoms. The monoisotopic (exact) mass is 423 g/mol. The van der Waals surface area contributed by atoms with Crippen molar-refractivity contribution in [3.8, 4) is 29.1 Å². The van der Waals surface area contributed by atoms with Gasteiger partial charge in [0.15, 0.2) is 23.0 Å². The summed E-state index contributed by atoms with van der Waals surface area (Å²) < 4.78 is 26.6. The second-order valence-corrected chi connectivity index (χ2v) is 6.41. The van der Waals surface area contributed by atoms with Crippen molar-refractivity contribution in [2.24, 2.45) is 0 Å². The number of esters is 1. The van der Waals surface area contributed by atoms with Crippen LogP contribution in [0.2, 0.25) is 0 Å². The summed E-state index contributed by atoms with van der Waals surface area (Å²) >= 11 is 0. The number of ether oxygens (including phenoxy) is 5. The summed E-state index contributed by atoms with van der Waals surface area (Å²) in [7, 11) is 4.62. The summed E-state index contributed by atoms with van der Waals surface area (Å²) in [4.78, 5) is 11.4. The summed E-state index contributed by atoms with van der Waals surface area (Å²) in [6.45, 7) is 5.36. The molecule has 0 unspecified atom stereocenters. The Kier molecular flexibility index (Phi) is 8.52. The van der Waals surface area contributed by atoms with E-state index < -0.39 is 5.97 Å². The number of carbonyl (C=O) groups excluding carboxylic acids is 1. The van der Waals surface area contributed by atoms with Crippen LogP contribution in [0.3, 0.4) is 0 Å². The van der Waals surface area contributed by atoms with Crippen LogP contribution < -0.4 is 18.9 Å². The third-order valence-corrected chi connectivity index (χ3v) is 4.24. The maximum Gasteiger partial charge on any atom is 0.333 e. The van der Waals surface area contributed by atoms with E-state index in [1.165, 1.54) is 7.11 Å². The number of nitrogens with zero attached hydrogens (tertiary/aromatic N) is 1. The Balaban J connectivity index is 2.19. The van der Waals surface area contributed by atoms with Crippen molar-refractivity contribution in [3.63, 3.8) is 0 Å². The molecule has 0 radical (unpaired) electrons. The molecule has 0 saturated heterocycles. The Bertz CT molecular complexity index is 1020. The molecule has 2 rings (SSSR count). The minimum Gasteiger partial charge on any atom is -0.493 e. The van der Waals surface area contributed by atoms with E-state index in [4.69, 9.17) is 23.7 Å². The van der Waals surface area contributed by atoms with Gasteiger partial charge in [-0.15, -0.1) is 0 Å². The standard InChI is InChI=1S/C24H25NO6/c1-16(2)24(26)31-11-10-30-21-8-6-17(13-22(21)28-4)12-19(15-25)18-7-9-20(27-3)23(14-18)29-5/h6-9,12-14H,1,10-11H2,2-5H3. The van der Waals surface area contributed by atoms with Gasteiger partial charge in [0.25, 0.3) is 0 Å². The van der Waals surface area contributed by atoms with Crippen molar-refractivity contribution in [1.82, 2.24) is 0 Å². The number of benzene rings is 2. The van der Waals surface area contributed by atoms with Gasteiger partial charge < -0.3 is 23.7 Å². The third kappa shape index (κ3) is 6.28. The average Bonchev–Trinajstić information content (AvgIpc) is 2.79. The number of allylic oxidation sites excluding steroid dienone is 1. The van der Waals surface area contributed by atoms with Crippen LogP contribution in [0.4, 0.5) is 0 Å². The Morgan fingerprint density at radius 2 is 1.61 bits per heavy atom. The second-order valence-electron chi connectivity index (χ2n) is 6.41. The molecule has 7 heteroatoms. The van der Waals surface area contributed by atoms with Crippen molar-refractivity contribution in [2.45, 2.75) is 6.92 Å². The first kappa shape index (κ1) is 23.4. The molecule has 2 aromatic rings. The molecule has 0 spiro atoms. The summed E-state index contributed by atoms with van der Waals surface area (Å²) in [6, 6.07) is 12.8. The van der Waals surface area contributed by atoms with E-state index in [0.717, 1.165) is 5.56 Å². The van der Waals surface area contributed by atoms with Gasteiger partial charge in [-0.1, -0.05) is 12.6 Å². The smallest absolute Gasteiger partial charge is 0.333 e. The molecule has 2 aromatic carbocycles. The zero-order chi connectivity index (χ0) is 22.8. The fourth-order valence-electron chi connectivity index (χ4n) is 2.65. The highest BCUT2D eigenvalue weighted by Crippen LogP contribution is 2.32. The van der Waals surface area contributed by atoms with Gasteiger partial charge in [0.2, 0.25) is 0 Å². The van der Waals surface area contributed by atoms with Gasteiger partial charge in [-0.25, -0.2) is 4.79 Å². The molecule has 162 valence electrons. The highest BCUT2D eigenvalue weighted by atomic mass is 16.6. The molecule has 0 N–H and O–H groups in total. The molecular weight excluding hydrogens is 398 g/mol. The molecule has 0 fully saturated rings. The van der Waals surface area contributed by atoms with Crippen molar-refractivity contribution >= 4 is 17.6 Å². The molecule has 31 heavy (non-hydrogen) atoms. The van der Waals surface area contributed by atoms with Crippen molar-refractivity contribution < 1.29 is 28.5 Å². The quantitative estimate of drug-likeness (QED) is 0.185. The minimum absolute atomic E-state index is 0.0917. The predicted molar refractivity (Wildman–Crippen MR) is 117 cm³/mol. The normalized spacial score (nSPS) is 10.6. The van der Waals surface area contributed by atoms with Crippen LogP contribution in [0.5, 0.6) is 23.0 Å². The molecular formula is C24H25NO6. The molecule has 0 aliphatic carbocycles. The van der Waals surface area contributed by atoms with E-state index in [2.05, 4.69) is 12.6 Å². The molecule has 0 aliphatic rings. The van der Waals surface area contributed by atoms with E-state index >= 15 is 0 Å². The van der Waals surface area contributed by atoms with Gasteiger partial charge in [-0.05, 0) is 54.5 Å². The Labute approximate surface area is 182 Å². The zero-order valence-electron chi connectivity index (χ0n) is 18.1. The van der Waals surface area contributed by atoms with Crippen LogP contribution in [0, 0.1) is 11.3 Å². The summed E-state index contributed by atoms with van der Waals surface area (Å²) in [5.41, 5.74) is 2.22. The van der Waals surface area contributed by atoms with Gasteiger partial charge in [-0.3, -0.25) is 0 Å². The predicted octanol–water partition coefficient (Wildman–Crippen LogP) is 4.27. The number of rotatable bonds is 10. The summed E-state index contributed by atoms with van der Waals surface area (Å²) in [5.74, 6) is 1.64. The molecule has 0 aromatic heterocycles. The van der Waals surface area contributed by atoms with Gasteiger partial charge in [0, 0.05) is 5.57 Å². The Morgan fingerprint density at radius 1 is 0.968 bits per heavy atom. The average molecular weight is 423 g/mol. The van der Waals surface area contributed by atoms with Gasteiger partial charge >= 0.3 is 5.97 Å². The highest BCUT2D eigenvalue weighted by molar-refractivity contribution is 5.90. The lowest BCUT2D eigenvalue weighted by Crippen LogP contribution is -2.12. The van der Waals surface area contributed by atoms with Gasteiger partial charge in [0.05, 0.1) is 33.0 Å². The molecule has 0 saturated carbocycles. The molecule has 0 amide bonds. The first-order chi connectivity index (χ1) is 14.9. The maximum atomic E-state index is 11.4. The SMILES string of the molecule is C=C(C)C(=O)OCCOc1ccc(C=C(C#N)c2ccc(OC)c(OC)c2)cc1OC. The largest absolute Gasteiger partial charge is 0.493 e. The van der Waals surface area contributed by atoms with Crippen LogP contribution >= 0.6 is 0 Å². The summed E-state index contributed by atoms with van der Waals surface area (Å²) in [5, 5.41) is 9.65. The first-order valence-corrected chi connectivity index (χ1v) is 9.41. The molecule has 7 nitrogen and oxygen atoms in total. The second kappa shape index (κ2) is 11.3. The number of hydrogen-bond donors (Lipinski definition) is 0. The van der Waals surface area contributed by atoms with E-state index in [-0.39, 0.29) is 13.2 Å². The van der Waals surface area contributed by atoms with Gasteiger partial charge in [0.1, 0.15) is 13.2 Å². The van der Waals surface area contributed by atoms with E-state index in [1.54, 1.807) is 63.6 Å². The van der Waals surface area contributed by atoms with Crippen LogP contribution in [-0.4, -0.2) is 40.5 Å². The van der Waals surface area contributed by atoms with E-state index in [9.17, 15) is 10.1 Å². The lowest BCUT2D eigenvalue weighted by Gasteiger charge is -2.12. The fourth-order valence-corrected chi connectivity index (χ4v) is 2.65. The third-order valence-electron chi connectivity index (χ3n) is 4.24. The first-order valence-electron chi connectivity index (χ1n) is 9.41. The number of nitriles is 1. The number of carbonyl (C=O) groups is 1. The van der Waals surface area contributed by atoms with Crippen molar-refractivity contribution in [1.29, 1.82) is 5.26 Å². The topological polar surface area (TPSA) is 87.0 Å². The molecule has 0 aliphatic heterocycles. The van der Waals surface area contributed by atoms with Crippen LogP contribution in [-0.2, 0) is 9.53 Å². The summed E-state index contributed by atoms with van der Waals surface area (Å²) in [6.07, 6.45) is 1.74. The molecule has 0 atom stereocenters. The lowest BCUT2D eigenvalue weighted by molar-refractivity contribution is -0.139. The minimum atomic E-state index is -0.463. The Hall–Kier alpha value is -3.92. The highest BCUT2D eigenvalue weighted by Gasteiger charge is 2.10. The van der Waals surface area contributed by atoms with Crippen LogP contribution in [0.25, 0.3) is 11.6 Å². The fraction of sp³-hybridized carbons (Fsp3) is 0.250. The maximum absolute atomic E-state index is 11.4. The number of methoxy groups -OCH3 is 3. The molecule has 0 heterocycles. The van der Waals surface area contributed by atoms with E-state index in [1.807, 2.05) is 0 Å².